The third-order valence-corrected chi connectivity index (χ3v) is 3.21. The molecule has 0 bridgehead atoms. The van der Waals surface area contributed by atoms with E-state index in [1.54, 1.807) is 6.07 Å². The quantitative estimate of drug-likeness (QED) is 0.859. The summed E-state index contributed by atoms with van der Waals surface area (Å²) in [6.45, 7) is 4.13. The fraction of sp³-hybridized carbons (Fsp3) is 0.583. The van der Waals surface area contributed by atoms with Crippen molar-refractivity contribution in [2.24, 2.45) is 0 Å². The lowest BCUT2D eigenvalue weighted by molar-refractivity contribution is 0.252. The van der Waals surface area contributed by atoms with Gasteiger partial charge < -0.3 is 5.73 Å². The van der Waals surface area contributed by atoms with Crippen LogP contribution in [0.15, 0.2) is 12.1 Å². The maximum Gasteiger partial charge on any atom is 0.123 e. The summed E-state index contributed by atoms with van der Waals surface area (Å²) in [6, 6.07) is 4.31. The zero-order valence-electron chi connectivity index (χ0n) is 9.62. The maximum absolute atomic E-state index is 6.12. The lowest BCUT2D eigenvalue weighted by atomic mass is 10.3. The van der Waals surface area contributed by atoms with Crippen molar-refractivity contribution < 1.29 is 0 Å². The molecule has 0 aliphatic heterocycles. The second kappa shape index (κ2) is 5.02. The summed E-state index contributed by atoms with van der Waals surface area (Å²) < 4.78 is 0. The molecule has 0 radical (unpaired) electrons. The fourth-order valence-electron chi connectivity index (χ4n) is 1.92. The first-order chi connectivity index (χ1) is 7.70. The smallest absolute Gasteiger partial charge is 0.123 e. The molecule has 1 aromatic heterocycles. The first-order valence-electron chi connectivity index (χ1n) is 5.85. The standard InChI is InChI=1S/C12H18ClN3/c1-2-7-16(9-3-4-9)8-11-10(13)5-6-12(14)15-11/h5-6,9H,2-4,7-8H2,1H3,(H2,14,15). The number of hydrogen-bond donors (Lipinski definition) is 1. The number of hydrogen-bond acceptors (Lipinski definition) is 3. The molecule has 0 amide bonds. The molecule has 1 heterocycles. The Kier molecular flexibility index (Phi) is 3.66. The van der Waals surface area contributed by atoms with E-state index in [2.05, 4.69) is 16.8 Å². The van der Waals surface area contributed by atoms with Gasteiger partial charge in [0.15, 0.2) is 0 Å². The molecule has 16 heavy (non-hydrogen) atoms. The molecule has 3 nitrogen and oxygen atoms in total. The molecule has 0 atom stereocenters. The Morgan fingerprint density at radius 2 is 2.25 bits per heavy atom. The van der Waals surface area contributed by atoms with E-state index in [9.17, 15) is 0 Å². The summed E-state index contributed by atoms with van der Waals surface area (Å²) in [4.78, 5) is 6.76. The van der Waals surface area contributed by atoms with Gasteiger partial charge in [-0.1, -0.05) is 18.5 Å². The highest BCUT2D eigenvalue weighted by Crippen LogP contribution is 2.29. The molecule has 2 rings (SSSR count). The summed E-state index contributed by atoms with van der Waals surface area (Å²) in [5.74, 6) is 0.548. The van der Waals surface area contributed by atoms with E-state index in [4.69, 9.17) is 17.3 Å². The summed E-state index contributed by atoms with van der Waals surface area (Å²) in [7, 11) is 0. The van der Waals surface area contributed by atoms with Crippen molar-refractivity contribution in [3.8, 4) is 0 Å². The van der Waals surface area contributed by atoms with E-state index in [1.165, 1.54) is 12.8 Å². The maximum atomic E-state index is 6.12. The molecular weight excluding hydrogens is 222 g/mol. The van der Waals surface area contributed by atoms with Gasteiger partial charge in [-0.3, -0.25) is 4.90 Å². The number of nitrogen functional groups attached to an aromatic ring is 1. The lowest BCUT2D eigenvalue weighted by Crippen LogP contribution is -2.27. The third-order valence-electron chi connectivity index (χ3n) is 2.87. The SMILES string of the molecule is CCCN(Cc1nc(N)ccc1Cl)C1CC1. The van der Waals surface area contributed by atoms with Crippen molar-refractivity contribution in [3.63, 3.8) is 0 Å². The van der Waals surface area contributed by atoms with Crippen LogP contribution in [0.3, 0.4) is 0 Å². The fourth-order valence-corrected chi connectivity index (χ4v) is 2.09. The summed E-state index contributed by atoms with van der Waals surface area (Å²) in [5.41, 5.74) is 6.59. The average Bonchev–Trinajstić information content (AvgIpc) is 3.06. The Balaban J connectivity index is 2.08. The molecular formula is C12H18ClN3. The van der Waals surface area contributed by atoms with Gasteiger partial charge in [0.2, 0.25) is 0 Å². The highest BCUT2D eigenvalue weighted by Gasteiger charge is 2.28. The minimum Gasteiger partial charge on any atom is -0.384 e. The van der Waals surface area contributed by atoms with Crippen LogP contribution in [-0.4, -0.2) is 22.5 Å². The predicted octanol–water partition coefficient (Wildman–Crippen LogP) is 2.69. The Morgan fingerprint density at radius 3 is 2.88 bits per heavy atom. The lowest BCUT2D eigenvalue weighted by Gasteiger charge is -2.21. The van der Waals surface area contributed by atoms with Gasteiger partial charge in [0, 0.05) is 12.6 Å². The molecule has 0 unspecified atom stereocenters. The molecule has 0 aromatic carbocycles. The van der Waals surface area contributed by atoms with E-state index >= 15 is 0 Å². The molecule has 1 saturated carbocycles. The number of rotatable bonds is 5. The second-order valence-corrected chi connectivity index (χ2v) is 4.77. The Hall–Kier alpha value is -0.800. The van der Waals surface area contributed by atoms with Crippen molar-refractivity contribution in [2.75, 3.05) is 12.3 Å². The Labute approximate surface area is 102 Å². The molecule has 4 heteroatoms. The molecule has 88 valence electrons. The van der Waals surface area contributed by atoms with Crippen LogP contribution in [0.25, 0.3) is 0 Å². The average molecular weight is 240 g/mol. The zero-order chi connectivity index (χ0) is 11.5. The number of aromatic nitrogens is 1. The second-order valence-electron chi connectivity index (χ2n) is 4.37. The molecule has 1 aliphatic rings. The van der Waals surface area contributed by atoms with Crippen LogP contribution >= 0.6 is 11.6 Å². The van der Waals surface area contributed by atoms with Gasteiger partial charge in [0.25, 0.3) is 0 Å². The normalized spacial score (nSPS) is 15.7. The Bertz CT molecular complexity index is 363. The monoisotopic (exact) mass is 239 g/mol. The van der Waals surface area contributed by atoms with Gasteiger partial charge in [0.05, 0.1) is 10.7 Å². The van der Waals surface area contributed by atoms with Gasteiger partial charge >= 0.3 is 0 Å². The van der Waals surface area contributed by atoms with Crippen LogP contribution in [0.1, 0.15) is 31.9 Å². The summed E-state index contributed by atoms with van der Waals surface area (Å²) >= 11 is 6.12. The topological polar surface area (TPSA) is 42.2 Å². The van der Waals surface area contributed by atoms with Crippen LogP contribution < -0.4 is 5.73 Å². The first-order valence-corrected chi connectivity index (χ1v) is 6.23. The van der Waals surface area contributed by atoms with Gasteiger partial charge in [-0.2, -0.15) is 0 Å². The van der Waals surface area contributed by atoms with Crippen molar-refractivity contribution in [2.45, 2.75) is 38.8 Å². The first kappa shape index (κ1) is 11.7. The predicted molar refractivity (Wildman–Crippen MR) is 67.4 cm³/mol. The van der Waals surface area contributed by atoms with Crippen LogP contribution in [0.2, 0.25) is 5.02 Å². The van der Waals surface area contributed by atoms with Crippen molar-refractivity contribution in [1.82, 2.24) is 9.88 Å². The highest BCUT2D eigenvalue weighted by atomic mass is 35.5. The van der Waals surface area contributed by atoms with Crippen LogP contribution in [0.5, 0.6) is 0 Å². The van der Waals surface area contributed by atoms with Crippen molar-refractivity contribution >= 4 is 17.4 Å². The Morgan fingerprint density at radius 1 is 1.50 bits per heavy atom. The van der Waals surface area contributed by atoms with Gasteiger partial charge in [-0.25, -0.2) is 4.98 Å². The third kappa shape index (κ3) is 2.86. The molecule has 0 spiro atoms. The largest absolute Gasteiger partial charge is 0.384 e. The summed E-state index contributed by atoms with van der Waals surface area (Å²) in [6.07, 6.45) is 3.77. The van der Waals surface area contributed by atoms with Crippen molar-refractivity contribution in [3.05, 3.63) is 22.8 Å². The number of anilines is 1. The number of nitrogens with zero attached hydrogens (tertiary/aromatic N) is 2. The van der Waals surface area contributed by atoms with Crippen molar-refractivity contribution in [1.29, 1.82) is 0 Å². The zero-order valence-corrected chi connectivity index (χ0v) is 10.4. The van der Waals surface area contributed by atoms with Crippen LogP contribution in [0.4, 0.5) is 5.82 Å². The number of halogens is 1. The summed E-state index contributed by atoms with van der Waals surface area (Å²) in [5, 5.41) is 0.718. The number of pyridine rings is 1. The van der Waals surface area contributed by atoms with Crippen LogP contribution in [-0.2, 0) is 6.54 Å². The van der Waals surface area contributed by atoms with Gasteiger partial charge in [-0.05, 0) is 37.9 Å². The van der Waals surface area contributed by atoms with E-state index < -0.39 is 0 Å². The van der Waals surface area contributed by atoms with E-state index in [0.29, 0.717) is 5.82 Å². The van der Waals surface area contributed by atoms with E-state index in [-0.39, 0.29) is 0 Å². The van der Waals surface area contributed by atoms with E-state index in [1.807, 2.05) is 6.07 Å². The van der Waals surface area contributed by atoms with Crippen LogP contribution in [0, 0.1) is 0 Å². The molecule has 1 aliphatic carbocycles. The minimum absolute atomic E-state index is 0.548. The molecule has 1 fully saturated rings. The number of nitrogens with two attached hydrogens (primary N) is 1. The van der Waals surface area contributed by atoms with E-state index in [0.717, 1.165) is 36.3 Å². The molecule has 0 saturated heterocycles. The van der Waals surface area contributed by atoms with Gasteiger partial charge in [-0.15, -0.1) is 0 Å². The minimum atomic E-state index is 0.548. The highest BCUT2D eigenvalue weighted by molar-refractivity contribution is 6.31. The molecule has 2 N–H and O–H groups in total. The van der Waals surface area contributed by atoms with Gasteiger partial charge in [0.1, 0.15) is 5.82 Å². The molecule has 1 aromatic rings.